The summed E-state index contributed by atoms with van der Waals surface area (Å²) in [6.07, 6.45) is 0. The summed E-state index contributed by atoms with van der Waals surface area (Å²) in [6.45, 7) is 0. The third kappa shape index (κ3) is 7.42. The second-order valence-electron chi connectivity index (χ2n) is 18.8. The molecular formula is C71H49N. The van der Waals surface area contributed by atoms with E-state index in [1.54, 1.807) is 0 Å². The van der Waals surface area contributed by atoms with E-state index < -0.39 is 5.41 Å². The second kappa shape index (κ2) is 18.2. The lowest BCUT2D eigenvalue weighted by molar-refractivity contribution is 0.769. The molecule has 1 nitrogen and oxygen atoms in total. The average Bonchev–Trinajstić information content (AvgIpc) is 3.76. The van der Waals surface area contributed by atoms with Crippen LogP contribution >= 0.6 is 0 Å². The van der Waals surface area contributed by atoms with Crippen molar-refractivity contribution < 1.29 is 0 Å². The Labute approximate surface area is 422 Å². The molecule has 338 valence electrons. The predicted molar refractivity (Wildman–Crippen MR) is 303 cm³/mol. The summed E-state index contributed by atoms with van der Waals surface area (Å²) in [6, 6.07) is 109. The lowest BCUT2D eigenvalue weighted by atomic mass is 9.67. The lowest BCUT2D eigenvalue weighted by Crippen LogP contribution is -2.28. The summed E-state index contributed by atoms with van der Waals surface area (Å²) >= 11 is 0. The van der Waals surface area contributed by atoms with E-state index in [1.807, 2.05) is 0 Å². The normalized spacial score (nSPS) is 12.3. The third-order valence-corrected chi connectivity index (χ3v) is 14.8. The number of nitrogens with zero attached hydrogens (tertiary/aromatic N) is 1. The molecule has 12 aromatic carbocycles. The van der Waals surface area contributed by atoms with E-state index in [9.17, 15) is 0 Å². The van der Waals surface area contributed by atoms with Gasteiger partial charge >= 0.3 is 0 Å². The number of fused-ring (bicyclic) bond motifs is 4. The van der Waals surface area contributed by atoms with Gasteiger partial charge in [-0.25, -0.2) is 0 Å². The molecule has 0 saturated carbocycles. The molecule has 0 spiro atoms. The van der Waals surface area contributed by atoms with Crippen molar-refractivity contribution in [3.8, 4) is 66.8 Å². The molecule has 0 aliphatic heterocycles. The number of benzene rings is 12. The van der Waals surface area contributed by atoms with E-state index in [2.05, 4.69) is 302 Å². The standard InChI is InChI=1S/C71H49N/c1-4-19-50(20-5-1)51-37-39-54(40-38-51)65-32-13-15-36-70(65)72(62-30-17-24-56(48-62)55-23-16-25-58(47-55)64-34-18-22-53-21-10-11-31-63(53)64)61-44-41-52(42-45-61)57-43-46-67-66-33-12-14-35-68(66)71(69(67)49-57,59-26-6-2-7-27-59)60-28-8-3-9-29-60/h1-49H. The van der Waals surface area contributed by atoms with Gasteiger partial charge in [0.15, 0.2) is 0 Å². The van der Waals surface area contributed by atoms with Crippen molar-refractivity contribution in [2.75, 3.05) is 4.90 Å². The molecule has 0 aromatic heterocycles. The van der Waals surface area contributed by atoms with Gasteiger partial charge in [-0.15, -0.1) is 0 Å². The highest BCUT2D eigenvalue weighted by molar-refractivity contribution is 5.98. The van der Waals surface area contributed by atoms with Gasteiger partial charge in [-0.2, -0.15) is 0 Å². The van der Waals surface area contributed by atoms with Crippen LogP contribution in [0.15, 0.2) is 297 Å². The fourth-order valence-electron chi connectivity index (χ4n) is 11.4. The molecule has 0 atom stereocenters. The van der Waals surface area contributed by atoms with Crippen LogP contribution in [0, 0.1) is 0 Å². The minimum atomic E-state index is -0.469. The van der Waals surface area contributed by atoms with E-state index in [4.69, 9.17) is 0 Å². The van der Waals surface area contributed by atoms with Gasteiger partial charge in [0.25, 0.3) is 0 Å². The van der Waals surface area contributed by atoms with Crippen LogP contribution in [0.3, 0.4) is 0 Å². The number of hydrogen-bond donors (Lipinski definition) is 0. The molecule has 0 saturated heterocycles. The molecular weight excluding hydrogens is 867 g/mol. The van der Waals surface area contributed by atoms with Gasteiger partial charge in [-0.05, 0) is 137 Å². The largest absolute Gasteiger partial charge is 0.310 e. The van der Waals surface area contributed by atoms with Crippen LogP contribution in [0.2, 0.25) is 0 Å². The Bertz CT molecular complexity index is 3850. The maximum Gasteiger partial charge on any atom is 0.0713 e. The molecule has 1 aliphatic rings. The highest BCUT2D eigenvalue weighted by Crippen LogP contribution is 2.57. The van der Waals surface area contributed by atoms with E-state index in [0.29, 0.717) is 0 Å². The molecule has 0 unspecified atom stereocenters. The van der Waals surface area contributed by atoms with Crippen LogP contribution < -0.4 is 4.90 Å². The topological polar surface area (TPSA) is 3.24 Å². The number of para-hydroxylation sites is 1. The smallest absolute Gasteiger partial charge is 0.0713 e. The van der Waals surface area contributed by atoms with E-state index in [-0.39, 0.29) is 0 Å². The van der Waals surface area contributed by atoms with Crippen LogP contribution in [0.1, 0.15) is 22.3 Å². The number of hydrogen-bond acceptors (Lipinski definition) is 1. The summed E-state index contributed by atoms with van der Waals surface area (Å²) in [4.78, 5) is 2.43. The molecule has 0 heterocycles. The lowest BCUT2D eigenvalue weighted by Gasteiger charge is -2.34. The van der Waals surface area contributed by atoms with Crippen LogP contribution in [0.5, 0.6) is 0 Å². The number of rotatable bonds is 10. The average molecular weight is 916 g/mol. The van der Waals surface area contributed by atoms with Gasteiger partial charge in [0.1, 0.15) is 0 Å². The first kappa shape index (κ1) is 42.8. The van der Waals surface area contributed by atoms with Gasteiger partial charge in [0.2, 0.25) is 0 Å². The zero-order valence-electron chi connectivity index (χ0n) is 39.7. The zero-order chi connectivity index (χ0) is 47.8. The molecule has 0 fully saturated rings. The van der Waals surface area contributed by atoms with E-state index in [1.165, 1.54) is 77.5 Å². The van der Waals surface area contributed by atoms with Crippen molar-refractivity contribution in [1.29, 1.82) is 0 Å². The van der Waals surface area contributed by atoms with Crippen LogP contribution in [-0.2, 0) is 5.41 Å². The van der Waals surface area contributed by atoms with Crippen molar-refractivity contribution in [3.63, 3.8) is 0 Å². The quantitative estimate of drug-likeness (QED) is 0.132. The van der Waals surface area contributed by atoms with E-state index in [0.717, 1.165) is 39.3 Å². The van der Waals surface area contributed by atoms with Gasteiger partial charge in [-0.1, -0.05) is 255 Å². The summed E-state index contributed by atoms with van der Waals surface area (Å²) in [5.74, 6) is 0. The Morgan fingerprint density at radius 3 is 1.47 bits per heavy atom. The third-order valence-electron chi connectivity index (χ3n) is 14.8. The molecule has 0 bridgehead atoms. The maximum absolute atomic E-state index is 2.45. The van der Waals surface area contributed by atoms with Crippen molar-refractivity contribution in [2.24, 2.45) is 0 Å². The molecule has 13 rings (SSSR count). The molecule has 1 heteroatoms. The van der Waals surface area contributed by atoms with Gasteiger partial charge in [0.05, 0.1) is 11.1 Å². The molecule has 0 amide bonds. The molecule has 0 N–H and O–H groups in total. The van der Waals surface area contributed by atoms with Crippen LogP contribution in [-0.4, -0.2) is 0 Å². The Hall–Kier alpha value is -9.30. The Morgan fingerprint density at radius 1 is 0.236 bits per heavy atom. The zero-order valence-corrected chi connectivity index (χ0v) is 39.7. The van der Waals surface area contributed by atoms with Gasteiger partial charge < -0.3 is 4.90 Å². The minimum absolute atomic E-state index is 0.469. The van der Waals surface area contributed by atoms with Gasteiger partial charge in [0, 0.05) is 16.9 Å². The highest BCUT2D eigenvalue weighted by atomic mass is 15.1. The first-order valence-electron chi connectivity index (χ1n) is 24.9. The van der Waals surface area contributed by atoms with Crippen molar-refractivity contribution in [1.82, 2.24) is 0 Å². The summed E-state index contributed by atoms with van der Waals surface area (Å²) < 4.78 is 0. The Balaban J connectivity index is 0.933. The summed E-state index contributed by atoms with van der Waals surface area (Å²) in [7, 11) is 0. The Kier molecular flexibility index (Phi) is 10.8. The van der Waals surface area contributed by atoms with Crippen molar-refractivity contribution in [2.45, 2.75) is 5.41 Å². The fraction of sp³-hybridized carbons (Fsp3) is 0.0141. The minimum Gasteiger partial charge on any atom is -0.310 e. The fourth-order valence-corrected chi connectivity index (χ4v) is 11.4. The molecule has 1 aliphatic carbocycles. The van der Waals surface area contributed by atoms with E-state index >= 15 is 0 Å². The second-order valence-corrected chi connectivity index (χ2v) is 18.8. The SMILES string of the molecule is c1ccc(-c2ccc(-c3ccccc3N(c3ccc(-c4ccc5c(c4)C(c4ccccc4)(c4ccccc4)c4ccccc4-5)cc3)c3cccc(-c4cccc(-c5cccc6ccccc56)c4)c3)cc2)cc1. The Morgan fingerprint density at radius 2 is 0.708 bits per heavy atom. The predicted octanol–water partition coefficient (Wildman–Crippen LogP) is 19.0. The molecule has 0 radical (unpaired) electrons. The highest BCUT2D eigenvalue weighted by Gasteiger charge is 2.46. The molecule has 72 heavy (non-hydrogen) atoms. The summed E-state index contributed by atoms with van der Waals surface area (Å²) in [5, 5.41) is 2.50. The first-order chi connectivity index (χ1) is 35.7. The first-order valence-corrected chi connectivity index (χ1v) is 24.9. The van der Waals surface area contributed by atoms with Crippen LogP contribution in [0.25, 0.3) is 77.5 Å². The van der Waals surface area contributed by atoms with Crippen molar-refractivity contribution in [3.05, 3.63) is 320 Å². The van der Waals surface area contributed by atoms with Gasteiger partial charge in [-0.3, -0.25) is 0 Å². The monoisotopic (exact) mass is 915 g/mol. The maximum atomic E-state index is 2.45. The number of anilines is 3. The summed E-state index contributed by atoms with van der Waals surface area (Å²) in [5.41, 5.74) is 22.3. The van der Waals surface area contributed by atoms with Crippen molar-refractivity contribution >= 4 is 27.8 Å². The molecule has 12 aromatic rings. The van der Waals surface area contributed by atoms with Crippen LogP contribution in [0.4, 0.5) is 17.1 Å².